The van der Waals surface area contributed by atoms with Crippen molar-refractivity contribution in [2.45, 2.75) is 33.8 Å². The van der Waals surface area contributed by atoms with Gasteiger partial charge < -0.3 is 10.1 Å². The Labute approximate surface area is 152 Å². The van der Waals surface area contributed by atoms with E-state index in [9.17, 15) is 4.79 Å². The summed E-state index contributed by atoms with van der Waals surface area (Å²) < 4.78 is 7.57. The molecule has 0 saturated heterocycles. The van der Waals surface area contributed by atoms with Gasteiger partial charge in [-0.1, -0.05) is 6.07 Å². The first-order valence-corrected chi connectivity index (χ1v) is 8.30. The Kier molecular flexibility index (Phi) is 4.97. The van der Waals surface area contributed by atoms with Crippen molar-refractivity contribution in [3.63, 3.8) is 0 Å². The van der Waals surface area contributed by atoms with Crippen molar-refractivity contribution in [1.82, 2.24) is 19.5 Å². The molecular formula is C19H21N5O2. The van der Waals surface area contributed by atoms with E-state index in [1.54, 1.807) is 25.4 Å². The van der Waals surface area contributed by atoms with Gasteiger partial charge in [0.2, 0.25) is 0 Å². The van der Waals surface area contributed by atoms with Crippen molar-refractivity contribution in [2.75, 3.05) is 5.32 Å². The number of anilines is 1. The molecule has 0 saturated carbocycles. The maximum Gasteiger partial charge on any atom is 0.266 e. The van der Waals surface area contributed by atoms with Gasteiger partial charge in [-0.15, -0.1) is 0 Å². The van der Waals surface area contributed by atoms with Crippen LogP contribution in [0, 0.1) is 20.8 Å². The molecule has 1 N–H and O–H groups in total. The zero-order valence-corrected chi connectivity index (χ0v) is 15.2. The SMILES string of the molecule is Cc1cc(C)cc(OC(C)C(=O)Nc2cc(-n3ccnc3C)ncn2)c1. The summed E-state index contributed by atoms with van der Waals surface area (Å²) in [6.07, 6.45) is 4.23. The maximum atomic E-state index is 12.4. The predicted octanol–water partition coefficient (Wildman–Crippen LogP) is 2.99. The number of hydrogen-bond acceptors (Lipinski definition) is 5. The molecule has 0 spiro atoms. The van der Waals surface area contributed by atoms with Gasteiger partial charge in [0.1, 0.15) is 29.5 Å². The monoisotopic (exact) mass is 351 g/mol. The van der Waals surface area contributed by atoms with E-state index in [0.29, 0.717) is 17.4 Å². The Morgan fingerprint density at radius 3 is 2.46 bits per heavy atom. The quantitative estimate of drug-likeness (QED) is 0.764. The van der Waals surface area contributed by atoms with E-state index in [4.69, 9.17) is 4.74 Å². The van der Waals surface area contributed by atoms with Crippen LogP contribution in [0.5, 0.6) is 5.75 Å². The van der Waals surface area contributed by atoms with Gasteiger partial charge in [-0.3, -0.25) is 9.36 Å². The average Bonchev–Trinajstić information content (AvgIpc) is 3.00. The number of nitrogens with zero attached hydrogens (tertiary/aromatic N) is 4. The number of hydrogen-bond donors (Lipinski definition) is 1. The van der Waals surface area contributed by atoms with Crippen LogP contribution in [-0.4, -0.2) is 31.5 Å². The number of aromatic nitrogens is 4. The van der Waals surface area contributed by atoms with Crippen molar-refractivity contribution in [1.29, 1.82) is 0 Å². The topological polar surface area (TPSA) is 81.9 Å². The van der Waals surface area contributed by atoms with E-state index in [1.807, 2.05) is 37.5 Å². The minimum atomic E-state index is -0.662. The standard InChI is InChI=1S/C19H21N5O2/c1-12-7-13(2)9-16(8-12)26-14(3)19(25)23-17-10-18(22-11-21-17)24-6-5-20-15(24)4/h5-11,14H,1-4H3,(H,21,22,23,25). The lowest BCUT2D eigenvalue weighted by molar-refractivity contribution is -0.122. The Morgan fingerprint density at radius 1 is 1.08 bits per heavy atom. The number of benzene rings is 1. The second-order valence-corrected chi connectivity index (χ2v) is 6.18. The van der Waals surface area contributed by atoms with E-state index in [2.05, 4.69) is 26.3 Å². The highest BCUT2D eigenvalue weighted by atomic mass is 16.5. The fourth-order valence-corrected chi connectivity index (χ4v) is 2.65. The Balaban J connectivity index is 1.70. The van der Waals surface area contributed by atoms with E-state index in [0.717, 1.165) is 17.0 Å². The van der Waals surface area contributed by atoms with E-state index in [1.165, 1.54) is 6.33 Å². The van der Waals surface area contributed by atoms with Gasteiger partial charge in [-0.25, -0.2) is 15.0 Å². The molecular weight excluding hydrogens is 330 g/mol. The number of aryl methyl sites for hydroxylation is 3. The molecule has 3 rings (SSSR count). The number of rotatable bonds is 5. The molecule has 0 aliphatic heterocycles. The van der Waals surface area contributed by atoms with Crippen LogP contribution in [0.25, 0.3) is 5.82 Å². The normalized spacial score (nSPS) is 11.8. The molecule has 0 fully saturated rings. The molecule has 1 unspecified atom stereocenters. The Hall–Kier alpha value is -3.22. The highest BCUT2D eigenvalue weighted by Crippen LogP contribution is 2.18. The first-order valence-electron chi connectivity index (χ1n) is 8.30. The minimum absolute atomic E-state index is 0.281. The fraction of sp³-hybridized carbons (Fsp3) is 0.263. The summed E-state index contributed by atoms with van der Waals surface area (Å²) in [5.41, 5.74) is 2.17. The van der Waals surface area contributed by atoms with E-state index >= 15 is 0 Å². The first kappa shape index (κ1) is 17.6. The average molecular weight is 351 g/mol. The lowest BCUT2D eigenvalue weighted by Crippen LogP contribution is -2.30. The molecule has 7 heteroatoms. The number of ether oxygens (including phenoxy) is 1. The molecule has 1 aromatic carbocycles. The molecule has 3 aromatic rings. The highest BCUT2D eigenvalue weighted by Gasteiger charge is 2.16. The van der Waals surface area contributed by atoms with Gasteiger partial charge in [-0.05, 0) is 51.0 Å². The van der Waals surface area contributed by atoms with Gasteiger partial charge in [0, 0.05) is 18.5 Å². The highest BCUT2D eigenvalue weighted by molar-refractivity contribution is 5.93. The minimum Gasteiger partial charge on any atom is -0.481 e. The largest absolute Gasteiger partial charge is 0.481 e. The number of nitrogens with one attached hydrogen (secondary N) is 1. The molecule has 0 aliphatic rings. The summed E-state index contributed by atoms with van der Waals surface area (Å²) in [5.74, 6) is 2.23. The Morgan fingerprint density at radius 2 is 1.81 bits per heavy atom. The van der Waals surface area contributed by atoms with Crippen molar-refractivity contribution < 1.29 is 9.53 Å². The van der Waals surface area contributed by atoms with Crippen molar-refractivity contribution in [3.8, 4) is 11.6 Å². The predicted molar refractivity (Wildman–Crippen MR) is 98.5 cm³/mol. The maximum absolute atomic E-state index is 12.4. The van der Waals surface area contributed by atoms with Crippen LogP contribution in [0.4, 0.5) is 5.82 Å². The summed E-state index contributed by atoms with van der Waals surface area (Å²) in [6, 6.07) is 7.55. The van der Waals surface area contributed by atoms with Crippen molar-refractivity contribution >= 4 is 11.7 Å². The third-order valence-electron chi connectivity index (χ3n) is 3.85. The second-order valence-electron chi connectivity index (χ2n) is 6.18. The van der Waals surface area contributed by atoms with Crippen LogP contribution in [0.3, 0.4) is 0 Å². The molecule has 26 heavy (non-hydrogen) atoms. The van der Waals surface area contributed by atoms with Crippen LogP contribution in [-0.2, 0) is 4.79 Å². The molecule has 1 amide bonds. The molecule has 134 valence electrons. The summed E-state index contributed by atoms with van der Waals surface area (Å²) >= 11 is 0. The number of amides is 1. The van der Waals surface area contributed by atoms with Crippen LogP contribution < -0.4 is 10.1 Å². The van der Waals surface area contributed by atoms with Crippen molar-refractivity contribution in [2.24, 2.45) is 0 Å². The molecule has 0 aliphatic carbocycles. The van der Waals surface area contributed by atoms with E-state index in [-0.39, 0.29) is 5.91 Å². The molecule has 0 bridgehead atoms. The molecule has 2 aromatic heterocycles. The zero-order valence-electron chi connectivity index (χ0n) is 15.2. The number of carbonyl (C=O) groups excluding carboxylic acids is 1. The van der Waals surface area contributed by atoms with Gasteiger partial charge in [0.15, 0.2) is 6.10 Å². The molecule has 1 atom stereocenters. The van der Waals surface area contributed by atoms with Crippen LogP contribution in [0.2, 0.25) is 0 Å². The zero-order chi connectivity index (χ0) is 18.7. The number of imidazole rings is 1. The second kappa shape index (κ2) is 7.35. The summed E-state index contributed by atoms with van der Waals surface area (Å²) in [7, 11) is 0. The van der Waals surface area contributed by atoms with Crippen LogP contribution >= 0.6 is 0 Å². The van der Waals surface area contributed by atoms with Gasteiger partial charge in [0.25, 0.3) is 5.91 Å². The van der Waals surface area contributed by atoms with Gasteiger partial charge in [0.05, 0.1) is 0 Å². The fourth-order valence-electron chi connectivity index (χ4n) is 2.65. The first-order chi connectivity index (χ1) is 12.4. The van der Waals surface area contributed by atoms with Crippen LogP contribution in [0.15, 0.2) is 43.0 Å². The molecule has 0 radical (unpaired) electrons. The Bertz CT molecular complexity index is 915. The molecule has 2 heterocycles. The third-order valence-corrected chi connectivity index (χ3v) is 3.85. The summed E-state index contributed by atoms with van der Waals surface area (Å²) in [4.78, 5) is 24.9. The van der Waals surface area contributed by atoms with Gasteiger partial charge >= 0.3 is 0 Å². The van der Waals surface area contributed by atoms with Gasteiger partial charge in [-0.2, -0.15) is 0 Å². The lowest BCUT2D eigenvalue weighted by atomic mass is 10.1. The van der Waals surface area contributed by atoms with E-state index < -0.39 is 6.10 Å². The summed E-state index contributed by atoms with van der Waals surface area (Å²) in [5, 5.41) is 2.76. The third kappa shape index (κ3) is 4.05. The smallest absolute Gasteiger partial charge is 0.266 e. The molecule has 7 nitrogen and oxygen atoms in total. The number of carbonyl (C=O) groups is 1. The lowest BCUT2D eigenvalue weighted by Gasteiger charge is -2.15. The summed E-state index contributed by atoms with van der Waals surface area (Å²) in [6.45, 7) is 7.56. The van der Waals surface area contributed by atoms with Crippen LogP contribution in [0.1, 0.15) is 23.9 Å². The van der Waals surface area contributed by atoms with Crippen molar-refractivity contribution in [3.05, 3.63) is 59.9 Å².